The summed E-state index contributed by atoms with van der Waals surface area (Å²) in [6.45, 7) is 5.44. The topological polar surface area (TPSA) is 97.4 Å². The molecule has 4 unspecified atom stereocenters. The predicted molar refractivity (Wildman–Crippen MR) is 192 cm³/mol. The van der Waals surface area contributed by atoms with Crippen molar-refractivity contribution in [1.82, 2.24) is 0 Å². The molecule has 8 nitrogen and oxygen atoms in total. The van der Waals surface area contributed by atoms with Gasteiger partial charge in [-0.25, -0.2) is 4.79 Å². The SMILES string of the molecule is C=C=S(COC(CC(CC(C)C(=O)OC)C(=O)Oc1ccccc1-c1ccccc1)C(=O)Oc1ccccc1-c1ccccc1)[SiH2]OC. The summed E-state index contributed by atoms with van der Waals surface area (Å²) in [4.78, 5) is 40.4. The van der Waals surface area contributed by atoms with Crippen LogP contribution in [0.15, 0.2) is 116 Å². The second kappa shape index (κ2) is 18.7. The maximum Gasteiger partial charge on any atom is 0.340 e. The molecule has 0 spiro atoms. The standard InChI is InChI=1S/C38H40O8SSi/c1-5-47(48-43-4)26-44-35(38(41)46-34-23-15-13-21-32(34)29-18-10-7-11-19-29)25-30(24-27(2)36(39)42-3)37(40)45-33-22-14-12-20-31(33)28-16-8-6-9-17-28/h6-23,27,30,35H,1,24-26,48H2,2-4H3. The quantitative estimate of drug-likeness (QED) is 0.0565. The van der Waals surface area contributed by atoms with E-state index in [2.05, 4.69) is 11.6 Å². The zero-order chi connectivity index (χ0) is 34.3. The molecule has 10 heteroatoms. The van der Waals surface area contributed by atoms with Gasteiger partial charge in [0, 0.05) is 18.2 Å². The predicted octanol–water partition coefficient (Wildman–Crippen LogP) is 6.58. The van der Waals surface area contributed by atoms with E-state index in [1.165, 1.54) is 7.11 Å². The highest BCUT2D eigenvalue weighted by atomic mass is 32.4. The summed E-state index contributed by atoms with van der Waals surface area (Å²) in [5, 5.41) is 2.95. The van der Waals surface area contributed by atoms with Gasteiger partial charge >= 0.3 is 17.9 Å². The highest BCUT2D eigenvalue weighted by molar-refractivity contribution is 8.34. The number of esters is 3. The summed E-state index contributed by atoms with van der Waals surface area (Å²) >= 11 is 0. The lowest BCUT2D eigenvalue weighted by Gasteiger charge is -2.24. The van der Waals surface area contributed by atoms with E-state index in [1.54, 1.807) is 38.3 Å². The molecule has 0 fully saturated rings. The fraction of sp³-hybridized carbons (Fsp3) is 0.237. The number of hydrogen-bond acceptors (Lipinski definition) is 8. The summed E-state index contributed by atoms with van der Waals surface area (Å²) < 4.78 is 28.5. The van der Waals surface area contributed by atoms with Crippen LogP contribution in [-0.4, -0.2) is 58.1 Å². The molecule has 0 amide bonds. The molecule has 4 aromatic rings. The molecule has 0 N–H and O–H groups in total. The van der Waals surface area contributed by atoms with E-state index < -0.39 is 54.7 Å². The lowest BCUT2D eigenvalue weighted by Crippen LogP contribution is -2.36. The van der Waals surface area contributed by atoms with Crippen LogP contribution >= 0.6 is 9.93 Å². The zero-order valence-corrected chi connectivity index (χ0v) is 29.6. The number of carbonyl (C=O) groups excluding carboxylic acids is 3. The monoisotopic (exact) mass is 684 g/mol. The van der Waals surface area contributed by atoms with Gasteiger partial charge in [0.05, 0.1) is 24.9 Å². The summed E-state index contributed by atoms with van der Waals surface area (Å²) in [5.41, 5.74) is 3.20. The number of methoxy groups -OCH3 is 1. The Morgan fingerprint density at radius 1 is 0.708 bits per heavy atom. The smallest absolute Gasteiger partial charge is 0.340 e. The van der Waals surface area contributed by atoms with Gasteiger partial charge in [-0.05, 0) is 36.1 Å². The van der Waals surface area contributed by atoms with Crippen molar-refractivity contribution in [2.45, 2.75) is 25.9 Å². The molecule has 0 aliphatic heterocycles. The van der Waals surface area contributed by atoms with Crippen LogP contribution in [0.25, 0.3) is 22.3 Å². The molecule has 0 aliphatic carbocycles. The van der Waals surface area contributed by atoms with Crippen molar-refractivity contribution in [3.05, 3.63) is 116 Å². The minimum Gasteiger partial charge on any atom is -0.469 e. The van der Waals surface area contributed by atoms with E-state index in [9.17, 15) is 14.4 Å². The van der Waals surface area contributed by atoms with Crippen LogP contribution in [0.1, 0.15) is 19.8 Å². The van der Waals surface area contributed by atoms with Gasteiger partial charge in [0.1, 0.15) is 11.5 Å². The number of para-hydroxylation sites is 2. The third kappa shape index (κ3) is 10.2. The Bertz CT molecular complexity index is 1720. The summed E-state index contributed by atoms with van der Waals surface area (Å²) in [7, 11) is 1.34. The maximum atomic E-state index is 14.0. The van der Waals surface area contributed by atoms with Gasteiger partial charge in [-0.3, -0.25) is 9.59 Å². The van der Waals surface area contributed by atoms with Gasteiger partial charge in [-0.15, -0.1) is 15.0 Å². The minimum atomic E-state index is -1.19. The molecule has 0 aromatic heterocycles. The highest BCUT2D eigenvalue weighted by Gasteiger charge is 2.34. The van der Waals surface area contributed by atoms with Crippen LogP contribution in [0.5, 0.6) is 11.5 Å². The Labute approximate surface area is 286 Å². The first-order valence-corrected chi connectivity index (χ1v) is 19.3. The molecule has 4 atom stereocenters. The van der Waals surface area contributed by atoms with Gasteiger partial charge in [-0.2, -0.15) is 0 Å². The molecule has 0 saturated carbocycles. The van der Waals surface area contributed by atoms with Crippen molar-refractivity contribution in [2.24, 2.45) is 11.8 Å². The lowest BCUT2D eigenvalue weighted by molar-refractivity contribution is -0.150. The fourth-order valence-corrected chi connectivity index (χ4v) is 7.56. The van der Waals surface area contributed by atoms with E-state index in [0.717, 1.165) is 22.3 Å². The maximum absolute atomic E-state index is 14.0. The van der Waals surface area contributed by atoms with Gasteiger partial charge in [-0.1, -0.05) is 111 Å². The Hall–Kier alpha value is -4.57. The highest BCUT2D eigenvalue weighted by Crippen LogP contribution is 2.33. The van der Waals surface area contributed by atoms with Crippen LogP contribution in [0.3, 0.4) is 0 Å². The van der Waals surface area contributed by atoms with Crippen molar-refractivity contribution >= 4 is 41.8 Å². The third-order valence-electron chi connectivity index (χ3n) is 7.58. The molecule has 4 rings (SSSR count). The van der Waals surface area contributed by atoms with Gasteiger partial charge in [0.15, 0.2) is 6.10 Å². The molecule has 0 bridgehead atoms. The van der Waals surface area contributed by atoms with E-state index in [-0.39, 0.29) is 18.8 Å². The molecule has 0 aliphatic rings. The zero-order valence-electron chi connectivity index (χ0n) is 27.3. The Balaban J connectivity index is 1.66. The number of hydrogen-bond donors (Lipinski definition) is 0. The number of carbonyl (C=O) groups is 3. The Morgan fingerprint density at radius 2 is 1.21 bits per heavy atom. The van der Waals surface area contributed by atoms with E-state index in [0.29, 0.717) is 11.5 Å². The molecule has 0 radical (unpaired) electrons. The average molecular weight is 685 g/mol. The Kier molecular flexibility index (Phi) is 14.1. The number of ether oxygens (including phenoxy) is 4. The molecule has 4 aromatic carbocycles. The molecule has 0 heterocycles. The van der Waals surface area contributed by atoms with Crippen molar-refractivity contribution in [1.29, 1.82) is 0 Å². The van der Waals surface area contributed by atoms with Gasteiger partial charge in [0.2, 0.25) is 8.91 Å². The summed E-state index contributed by atoms with van der Waals surface area (Å²) in [6.07, 6.45) is -1.24. The van der Waals surface area contributed by atoms with E-state index in [1.807, 2.05) is 84.9 Å². The first-order valence-electron chi connectivity index (χ1n) is 15.5. The second-order valence-electron chi connectivity index (χ2n) is 11.0. The van der Waals surface area contributed by atoms with Gasteiger partial charge in [0.25, 0.3) is 0 Å². The van der Waals surface area contributed by atoms with Crippen LogP contribution in [0.2, 0.25) is 0 Å². The molecule has 0 saturated heterocycles. The third-order valence-corrected chi connectivity index (χ3v) is 11.6. The lowest BCUT2D eigenvalue weighted by atomic mass is 9.90. The van der Waals surface area contributed by atoms with Crippen molar-refractivity contribution in [3.8, 4) is 33.8 Å². The van der Waals surface area contributed by atoms with Crippen LogP contribution in [0.4, 0.5) is 0 Å². The van der Waals surface area contributed by atoms with Crippen LogP contribution < -0.4 is 9.47 Å². The van der Waals surface area contributed by atoms with Gasteiger partial charge < -0.3 is 23.4 Å². The summed E-state index contributed by atoms with van der Waals surface area (Å²) in [5.74, 6) is -2.54. The normalized spacial score (nSPS) is 13.6. The first kappa shape index (κ1) is 36.3. The number of rotatable bonds is 16. The second-order valence-corrected chi connectivity index (χ2v) is 16.1. The molecule has 250 valence electrons. The van der Waals surface area contributed by atoms with Crippen LogP contribution in [-0.2, 0) is 28.3 Å². The number of benzene rings is 4. The summed E-state index contributed by atoms with van der Waals surface area (Å²) in [6, 6.07) is 33.6. The van der Waals surface area contributed by atoms with Crippen molar-refractivity contribution < 1.29 is 37.8 Å². The molecule has 48 heavy (non-hydrogen) atoms. The van der Waals surface area contributed by atoms with E-state index >= 15 is 0 Å². The van der Waals surface area contributed by atoms with Crippen molar-refractivity contribution in [2.75, 3.05) is 20.2 Å². The average Bonchev–Trinajstić information content (AvgIpc) is 3.12. The van der Waals surface area contributed by atoms with Crippen molar-refractivity contribution in [3.63, 3.8) is 0 Å². The Morgan fingerprint density at radius 3 is 1.71 bits per heavy atom. The fourth-order valence-electron chi connectivity index (χ4n) is 5.12. The molecular formula is C38H40O8SSi. The molecular weight excluding hydrogens is 645 g/mol. The van der Waals surface area contributed by atoms with E-state index in [4.69, 9.17) is 23.4 Å². The first-order chi connectivity index (χ1) is 23.3. The van der Waals surface area contributed by atoms with Crippen LogP contribution in [0, 0.1) is 11.8 Å². The largest absolute Gasteiger partial charge is 0.469 e. The minimum absolute atomic E-state index is 0.0544.